The van der Waals surface area contributed by atoms with Gasteiger partial charge in [0.05, 0.1) is 4.92 Å². The molecule has 0 amide bonds. The van der Waals surface area contributed by atoms with E-state index in [1.807, 2.05) is 0 Å². The third kappa shape index (κ3) is 3.06. The maximum atomic E-state index is 11.5. The van der Waals surface area contributed by atoms with Crippen molar-refractivity contribution < 1.29 is 4.92 Å². The van der Waals surface area contributed by atoms with Gasteiger partial charge in [-0.15, -0.1) is 10.2 Å². The lowest BCUT2D eigenvalue weighted by Gasteiger charge is -2.08. The molecule has 0 bridgehead atoms. The van der Waals surface area contributed by atoms with Crippen molar-refractivity contribution in [2.24, 2.45) is 0 Å². The van der Waals surface area contributed by atoms with E-state index in [0.29, 0.717) is 16.5 Å². The molecule has 23 heavy (non-hydrogen) atoms. The monoisotopic (exact) mass is 332 g/mol. The van der Waals surface area contributed by atoms with E-state index in [4.69, 9.17) is 11.6 Å². The summed E-state index contributed by atoms with van der Waals surface area (Å²) in [7, 11) is 0. The van der Waals surface area contributed by atoms with Crippen LogP contribution < -0.4 is 5.32 Å². The zero-order chi connectivity index (χ0) is 16.4. The van der Waals surface area contributed by atoms with Crippen molar-refractivity contribution in [1.82, 2.24) is 30.6 Å². The standard InChI is InChI=1S/C12H9ClN8O2/c1-6-14-9(11-17-19-20-18-11)10(21(22)23)12(15-6)16-8-4-2-7(13)3-5-8/h2-5H,1H3,(H,14,15,16)(H,17,18,19,20). The molecule has 3 aromatic rings. The van der Waals surface area contributed by atoms with Crippen LogP contribution in [0.25, 0.3) is 11.5 Å². The highest BCUT2D eigenvalue weighted by molar-refractivity contribution is 6.30. The summed E-state index contributed by atoms with van der Waals surface area (Å²) < 4.78 is 0. The average Bonchev–Trinajstić information content (AvgIpc) is 3.03. The fourth-order valence-corrected chi connectivity index (χ4v) is 2.04. The number of hydrogen-bond donors (Lipinski definition) is 2. The van der Waals surface area contributed by atoms with Crippen LogP contribution in [0.5, 0.6) is 0 Å². The highest BCUT2D eigenvalue weighted by atomic mass is 35.5. The second-order valence-corrected chi connectivity index (χ2v) is 4.88. The molecule has 0 spiro atoms. The Morgan fingerprint density at radius 2 is 2.00 bits per heavy atom. The van der Waals surface area contributed by atoms with Gasteiger partial charge in [-0.05, 0) is 36.4 Å². The summed E-state index contributed by atoms with van der Waals surface area (Å²) in [6, 6.07) is 6.67. The van der Waals surface area contributed by atoms with Crippen LogP contribution in [0.15, 0.2) is 24.3 Å². The minimum atomic E-state index is -0.594. The number of H-pyrrole nitrogens is 1. The average molecular weight is 333 g/mol. The second kappa shape index (κ2) is 5.93. The molecule has 0 aliphatic rings. The van der Waals surface area contributed by atoms with Crippen LogP contribution in [-0.4, -0.2) is 35.5 Å². The molecular formula is C12H9ClN8O2. The number of aromatic nitrogens is 6. The summed E-state index contributed by atoms with van der Waals surface area (Å²) in [5, 5.41) is 28.0. The number of nitrogens with one attached hydrogen (secondary N) is 2. The molecule has 2 aromatic heterocycles. The first kappa shape index (κ1) is 14.8. The largest absolute Gasteiger partial charge is 0.341 e. The molecule has 0 aliphatic carbocycles. The molecule has 0 saturated carbocycles. The van der Waals surface area contributed by atoms with Gasteiger partial charge in [0.15, 0.2) is 5.69 Å². The molecular weight excluding hydrogens is 324 g/mol. The van der Waals surface area contributed by atoms with Gasteiger partial charge >= 0.3 is 5.69 Å². The van der Waals surface area contributed by atoms with E-state index in [-0.39, 0.29) is 23.0 Å². The van der Waals surface area contributed by atoms with Gasteiger partial charge in [0.25, 0.3) is 0 Å². The number of nitrogens with zero attached hydrogens (tertiary/aromatic N) is 6. The number of rotatable bonds is 4. The molecule has 0 saturated heterocycles. The number of anilines is 2. The number of halogens is 1. The summed E-state index contributed by atoms with van der Waals surface area (Å²) in [6.45, 7) is 1.61. The van der Waals surface area contributed by atoms with E-state index in [9.17, 15) is 10.1 Å². The molecule has 0 fully saturated rings. The Morgan fingerprint density at radius 1 is 1.26 bits per heavy atom. The maximum absolute atomic E-state index is 11.5. The van der Waals surface area contributed by atoms with Crippen molar-refractivity contribution in [3.05, 3.63) is 45.2 Å². The molecule has 10 nitrogen and oxygen atoms in total. The van der Waals surface area contributed by atoms with Crippen molar-refractivity contribution in [3.8, 4) is 11.5 Å². The van der Waals surface area contributed by atoms with E-state index in [2.05, 4.69) is 35.9 Å². The molecule has 1 aromatic carbocycles. The van der Waals surface area contributed by atoms with Crippen molar-refractivity contribution in [3.63, 3.8) is 0 Å². The second-order valence-electron chi connectivity index (χ2n) is 4.44. The lowest BCUT2D eigenvalue weighted by atomic mass is 10.2. The smallest absolute Gasteiger partial charge is 0.334 e. The fourth-order valence-electron chi connectivity index (χ4n) is 1.91. The van der Waals surface area contributed by atoms with Crippen LogP contribution in [-0.2, 0) is 0 Å². The lowest BCUT2D eigenvalue weighted by molar-refractivity contribution is -0.383. The lowest BCUT2D eigenvalue weighted by Crippen LogP contribution is -2.06. The minimum Gasteiger partial charge on any atom is -0.334 e. The van der Waals surface area contributed by atoms with E-state index >= 15 is 0 Å². The number of benzene rings is 1. The molecule has 3 rings (SSSR count). The number of nitro groups is 1. The first-order valence-corrected chi connectivity index (χ1v) is 6.72. The first-order chi connectivity index (χ1) is 11.0. The predicted molar refractivity (Wildman–Crippen MR) is 81.3 cm³/mol. The molecule has 2 N–H and O–H groups in total. The predicted octanol–water partition coefficient (Wildman–Crippen LogP) is 2.27. The van der Waals surface area contributed by atoms with Crippen molar-refractivity contribution in [2.45, 2.75) is 6.92 Å². The zero-order valence-corrected chi connectivity index (χ0v) is 12.4. The Hall–Kier alpha value is -3.14. The Labute approximate surface area is 134 Å². The molecule has 11 heteroatoms. The zero-order valence-electron chi connectivity index (χ0n) is 11.7. The van der Waals surface area contributed by atoms with Crippen molar-refractivity contribution >= 4 is 28.8 Å². The van der Waals surface area contributed by atoms with Crippen LogP contribution >= 0.6 is 11.6 Å². The van der Waals surface area contributed by atoms with Gasteiger partial charge in [-0.1, -0.05) is 11.6 Å². The van der Waals surface area contributed by atoms with Crippen LogP contribution in [0, 0.1) is 17.0 Å². The van der Waals surface area contributed by atoms with Gasteiger partial charge in [0.2, 0.25) is 11.6 Å². The Kier molecular flexibility index (Phi) is 3.81. The Bertz CT molecular complexity index is 850. The Morgan fingerprint density at radius 3 is 2.61 bits per heavy atom. The quantitative estimate of drug-likeness (QED) is 0.548. The van der Waals surface area contributed by atoms with Gasteiger partial charge in [0, 0.05) is 10.7 Å². The van der Waals surface area contributed by atoms with E-state index in [1.165, 1.54) is 0 Å². The van der Waals surface area contributed by atoms with Crippen LogP contribution in [0.1, 0.15) is 5.82 Å². The summed E-state index contributed by atoms with van der Waals surface area (Å²) in [4.78, 5) is 19.0. The van der Waals surface area contributed by atoms with Gasteiger partial charge in [0.1, 0.15) is 5.82 Å². The molecule has 0 radical (unpaired) electrons. The highest BCUT2D eigenvalue weighted by Crippen LogP contribution is 2.33. The third-order valence-corrected chi connectivity index (χ3v) is 3.09. The molecule has 0 atom stereocenters. The van der Waals surface area contributed by atoms with E-state index < -0.39 is 4.92 Å². The van der Waals surface area contributed by atoms with Crippen LogP contribution in [0.3, 0.4) is 0 Å². The minimum absolute atomic E-state index is 0.0151. The van der Waals surface area contributed by atoms with Gasteiger partial charge in [-0.3, -0.25) is 10.1 Å². The SMILES string of the molecule is Cc1nc(Nc2ccc(Cl)cc2)c([N+](=O)[O-])c(-c2nn[nH]n2)n1. The summed E-state index contributed by atoms with van der Waals surface area (Å²) in [5.41, 5.74) is 0.231. The molecule has 0 unspecified atom stereocenters. The molecule has 116 valence electrons. The van der Waals surface area contributed by atoms with Gasteiger partial charge in [-0.25, -0.2) is 9.97 Å². The van der Waals surface area contributed by atoms with Gasteiger partial charge < -0.3 is 5.32 Å². The molecule has 0 aliphatic heterocycles. The van der Waals surface area contributed by atoms with Crippen molar-refractivity contribution in [1.29, 1.82) is 0 Å². The molecule has 2 heterocycles. The number of hydrogen-bond acceptors (Lipinski definition) is 8. The number of aryl methyl sites for hydroxylation is 1. The number of tetrazole rings is 1. The van der Waals surface area contributed by atoms with Crippen LogP contribution in [0.4, 0.5) is 17.2 Å². The fraction of sp³-hybridized carbons (Fsp3) is 0.0833. The van der Waals surface area contributed by atoms with Crippen LogP contribution in [0.2, 0.25) is 5.02 Å². The summed E-state index contributed by atoms with van der Waals surface area (Å²) >= 11 is 5.83. The number of aromatic amines is 1. The van der Waals surface area contributed by atoms with Gasteiger partial charge in [-0.2, -0.15) is 5.21 Å². The Balaban J connectivity index is 2.12. The first-order valence-electron chi connectivity index (χ1n) is 6.34. The summed E-state index contributed by atoms with van der Waals surface area (Å²) in [6.07, 6.45) is 0. The topological polar surface area (TPSA) is 135 Å². The normalized spacial score (nSPS) is 10.5. The van der Waals surface area contributed by atoms with Crippen molar-refractivity contribution in [2.75, 3.05) is 5.32 Å². The van der Waals surface area contributed by atoms with E-state index in [0.717, 1.165) is 0 Å². The highest BCUT2D eigenvalue weighted by Gasteiger charge is 2.27. The summed E-state index contributed by atoms with van der Waals surface area (Å²) in [5.74, 6) is 0.373. The maximum Gasteiger partial charge on any atom is 0.341 e. The third-order valence-electron chi connectivity index (χ3n) is 2.84. The van der Waals surface area contributed by atoms with E-state index in [1.54, 1.807) is 31.2 Å².